The van der Waals surface area contributed by atoms with Crippen LogP contribution in [0.4, 0.5) is 30.8 Å². The highest BCUT2D eigenvalue weighted by molar-refractivity contribution is 5.99. The Morgan fingerprint density at radius 3 is 2.39 bits per heavy atom. The van der Waals surface area contributed by atoms with E-state index in [1.807, 2.05) is 6.92 Å². The van der Waals surface area contributed by atoms with Crippen LogP contribution in [0.25, 0.3) is 11.4 Å². The van der Waals surface area contributed by atoms with E-state index in [0.717, 1.165) is 42.2 Å². The summed E-state index contributed by atoms with van der Waals surface area (Å²) in [5.74, 6) is -0.528. The lowest BCUT2D eigenvalue weighted by molar-refractivity contribution is 0.122. The molecule has 1 fully saturated rings. The minimum atomic E-state index is -1.03. The molecule has 0 bridgehead atoms. The number of hydrogen-bond acceptors (Lipinski definition) is 5. The molecule has 7 nitrogen and oxygen atoms in total. The maximum Gasteiger partial charge on any atom is 0.323 e. The number of benzene rings is 2. The summed E-state index contributed by atoms with van der Waals surface area (Å²) in [5, 5.41) is 5.10. The Balaban J connectivity index is 1.44. The van der Waals surface area contributed by atoms with Gasteiger partial charge in [-0.25, -0.2) is 23.5 Å². The molecule has 2 amide bonds. The van der Waals surface area contributed by atoms with Crippen molar-refractivity contribution in [3.63, 3.8) is 0 Å². The summed E-state index contributed by atoms with van der Waals surface area (Å²) in [7, 11) is 0. The summed E-state index contributed by atoms with van der Waals surface area (Å²) >= 11 is 0. The van der Waals surface area contributed by atoms with Gasteiger partial charge in [0.25, 0.3) is 0 Å². The number of hydrogen-bond donors (Lipinski definition) is 2. The van der Waals surface area contributed by atoms with Crippen molar-refractivity contribution < 1.29 is 18.3 Å². The average molecular weight is 425 g/mol. The lowest BCUT2D eigenvalue weighted by atomic mass is 10.2. The van der Waals surface area contributed by atoms with Crippen molar-refractivity contribution in [3.8, 4) is 11.4 Å². The molecule has 2 N–H and O–H groups in total. The molecule has 2 aromatic carbocycles. The molecule has 31 heavy (non-hydrogen) atoms. The summed E-state index contributed by atoms with van der Waals surface area (Å²) in [5.41, 5.74) is 2.49. The molecule has 0 unspecified atom stereocenters. The first-order valence-electron chi connectivity index (χ1n) is 9.79. The van der Waals surface area contributed by atoms with E-state index in [2.05, 4.69) is 20.5 Å². The lowest BCUT2D eigenvalue weighted by Crippen LogP contribution is -2.37. The van der Waals surface area contributed by atoms with Crippen molar-refractivity contribution in [2.45, 2.75) is 6.92 Å². The molecule has 9 heteroatoms. The Morgan fingerprint density at radius 2 is 1.68 bits per heavy atom. The number of morpholine rings is 1. The highest BCUT2D eigenvalue weighted by Crippen LogP contribution is 2.24. The SMILES string of the molecule is Cc1cnc(-c2ccc(NC(=O)Nc3ccc(F)c(F)c3)cc2)nc1N1CCOCC1. The van der Waals surface area contributed by atoms with Crippen molar-refractivity contribution in [1.82, 2.24) is 9.97 Å². The van der Waals surface area contributed by atoms with E-state index in [9.17, 15) is 13.6 Å². The molecule has 3 aromatic rings. The molecule has 0 spiro atoms. The lowest BCUT2D eigenvalue weighted by Gasteiger charge is -2.29. The fourth-order valence-corrected chi connectivity index (χ4v) is 3.24. The van der Waals surface area contributed by atoms with Crippen molar-refractivity contribution in [1.29, 1.82) is 0 Å². The number of amides is 2. The molecule has 160 valence electrons. The zero-order valence-corrected chi connectivity index (χ0v) is 16.9. The molecule has 1 aliphatic rings. The Labute approximate surface area is 178 Å². The number of aryl methyl sites for hydroxylation is 1. The first-order chi connectivity index (χ1) is 15.0. The number of nitrogens with zero attached hydrogens (tertiary/aromatic N) is 3. The normalized spacial score (nSPS) is 13.7. The Hall–Kier alpha value is -3.59. The highest BCUT2D eigenvalue weighted by atomic mass is 19.2. The third kappa shape index (κ3) is 4.95. The molecule has 0 saturated carbocycles. The van der Waals surface area contributed by atoms with Crippen LogP contribution in [0.5, 0.6) is 0 Å². The van der Waals surface area contributed by atoms with Crippen molar-refractivity contribution >= 4 is 23.2 Å². The monoisotopic (exact) mass is 425 g/mol. The van der Waals surface area contributed by atoms with Crippen LogP contribution in [0.2, 0.25) is 0 Å². The number of carbonyl (C=O) groups excluding carboxylic acids is 1. The van der Waals surface area contributed by atoms with Crippen LogP contribution < -0.4 is 15.5 Å². The molecule has 0 radical (unpaired) electrons. The number of carbonyl (C=O) groups is 1. The van der Waals surface area contributed by atoms with Gasteiger partial charge in [-0.2, -0.15) is 0 Å². The average Bonchev–Trinajstić information content (AvgIpc) is 2.78. The van der Waals surface area contributed by atoms with Gasteiger partial charge in [-0.15, -0.1) is 0 Å². The van der Waals surface area contributed by atoms with E-state index in [4.69, 9.17) is 9.72 Å². The quantitative estimate of drug-likeness (QED) is 0.655. The number of urea groups is 1. The third-order valence-corrected chi connectivity index (χ3v) is 4.83. The molecule has 0 atom stereocenters. The standard InChI is InChI=1S/C22H21F2N5O2/c1-14-13-25-20(28-21(14)29-8-10-31-11-9-29)15-2-4-16(5-3-15)26-22(30)27-17-6-7-18(23)19(24)12-17/h2-7,12-13H,8-11H2,1H3,(H2,26,27,30). The predicted octanol–water partition coefficient (Wildman–Crippen LogP) is 4.21. The van der Waals surface area contributed by atoms with Crippen LogP contribution in [0, 0.1) is 18.6 Å². The van der Waals surface area contributed by atoms with E-state index in [1.165, 1.54) is 6.07 Å². The van der Waals surface area contributed by atoms with Gasteiger partial charge in [0.05, 0.1) is 13.2 Å². The van der Waals surface area contributed by atoms with Crippen molar-refractivity contribution in [2.24, 2.45) is 0 Å². The summed E-state index contributed by atoms with van der Waals surface area (Å²) < 4.78 is 31.7. The molecule has 0 aliphatic carbocycles. The topological polar surface area (TPSA) is 79.4 Å². The fraction of sp³-hybridized carbons (Fsp3) is 0.227. The second-order valence-electron chi connectivity index (χ2n) is 7.09. The maximum absolute atomic E-state index is 13.3. The highest BCUT2D eigenvalue weighted by Gasteiger charge is 2.16. The molecule has 1 aliphatic heterocycles. The van der Waals surface area contributed by atoms with Gasteiger partial charge >= 0.3 is 6.03 Å². The summed E-state index contributed by atoms with van der Waals surface area (Å²) in [6.45, 7) is 4.89. The van der Waals surface area contributed by atoms with Crippen LogP contribution in [0.15, 0.2) is 48.7 Å². The van der Waals surface area contributed by atoms with Crippen molar-refractivity contribution in [2.75, 3.05) is 41.8 Å². The Kier molecular flexibility index (Phi) is 6.03. The minimum Gasteiger partial charge on any atom is -0.378 e. The third-order valence-electron chi connectivity index (χ3n) is 4.83. The van der Waals surface area contributed by atoms with Crippen LogP contribution in [-0.2, 0) is 4.74 Å². The van der Waals surface area contributed by atoms with Gasteiger partial charge in [0.1, 0.15) is 5.82 Å². The van der Waals surface area contributed by atoms with Gasteiger partial charge in [0.15, 0.2) is 17.5 Å². The number of rotatable bonds is 4. The van der Waals surface area contributed by atoms with Gasteiger partial charge in [0.2, 0.25) is 0 Å². The minimum absolute atomic E-state index is 0.150. The summed E-state index contributed by atoms with van der Waals surface area (Å²) in [6.07, 6.45) is 1.80. The first-order valence-corrected chi connectivity index (χ1v) is 9.79. The Bertz CT molecular complexity index is 1090. The van der Waals surface area contributed by atoms with E-state index < -0.39 is 17.7 Å². The van der Waals surface area contributed by atoms with E-state index in [0.29, 0.717) is 24.7 Å². The number of halogens is 2. The predicted molar refractivity (Wildman–Crippen MR) is 114 cm³/mol. The number of ether oxygens (including phenoxy) is 1. The molecule has 1 aromatic heterocycles. The van der Waals surface area contributed by atoms with Crippen LogP contribution in [-0.4, -0.2) is 42.3 Å². The Morgan fingerprint density at radius 1 is 1.00 bits per heavy atom. The maximum atomic E-state index is 13.3. The van der Waals surface area contributed by atoms with Crippen LogP contribution in [0.3, 0.4) is 0 Å². The first kappa shape index (κ1) is 20.7. The summed E-state index contributed by atoms with van der Waals surface area (Å²) in [6, 6.07) is 9.63. The number of aromatic nitrogens is 2. The van der Waals surface area contributed by atoms with Gasteiger partial charge in [-0.05, 0) is 43.3 Å². The fourth-order valence-electron chi connectivity index (χ4n) is 3.24. The smallest absolute Gasteiger partial charge is 0.323 e. The number of nitrogens with one attached hydrogen (secondary N) is 2. The van der Waals surface area contributed by atoms with E-state index in [-0.39, 0.29) is 5.69 Å². The van der Waals surface area contributed by atoms with Crippen LogP contribution in [0.1, 0.15) is 5.56 Å². The summed E-state index contributed by atoms with van der Waals surface area (Å²) in [4.78, 5) is 23.4. The van der Waals surface area contributed by atoms with E-state index >= 15 is 0 Å². The van der Waals surface area contributed by atoms with Gasteiger partial charge in [0, 0.05) is 47.9 Å². The number of anilines is 3. The second-order valence-corrected chi connectivity index (χ2v) is 7.09. The van der Waals surface area contributed by atoms with Gasteiger partial charge < -0.3 is 20.3 Å². The molecule has 2 heterocycles. The zero-order chi connectivity index (χ0) is 21.8. The van der Waals surface area contributed by atoms with Crippen molar-refractivity contribution in [3.05, 3.63) is 65.9 Å². The molecule has 4 rings (SSSR count). The largest absolute Gasteiger partial charge is 0.378 e. The molecular formula is C22H21F2N5O2. The van der Waals surface area contributed by atoms with Gasteiger partial charge in [-0.3, -0.25) is 0 Å². The van der Waals surface area contributed by atoms with Gasteiger partial charge in [-0.1, -0.05) is 0 Å². The second kappa shape index (κ2) is 9.05. The molecule has 1 saturated heterocycles. The zero-order valence-electron chi connectivity index (χ0n) is 16.9. The van der Waals surface area contributed by atoms with Crippen LogP contribution >= 0.6 is 0 Å². The van der Waals surface area contributed by atoms with E-state index in [1.54, 1.807) is 30.5 Å². The molecular weight excluding hydrogens is 404 g/mol.